The molecule has 15 N–H and O–H groups in total. The lowest BCUT2D eigenvalue weighted by molar-refractivity contribution is -0.117. The van der Waals surface area contributed by atoms with Gasteiger partial charge in [0.1, 0.15) is 18.3 Å². The van der Waals surface area contributed by atoms with Gasteiger partial charge in [-0.2, -0.15) is 0 Å². The van der Waals surface area contributed by atoms with Crippen LogP contribution in [0.4, 0.5) is 11.4 Å². The standard InChI is InChI=1S/C43H66N6O17/c1-19-33(40(63)44-9-27(56)15-50)21(3)37(22(4)34(19)41(64)45-10-28(57)16-51)48(25(7)54)13-31(60)39(62)32(61)14-49(26(8)55)38-23(5)35(42(65)46-11-29(58)17-52)20(2)36(24(38)6)43(66)47-12-30(59)18-53/h27-32,39,50-53,56-62H,9-18H2,1-8H3,(H,44,63)(H,45,64)(H,46,65)(H,47,66). The molecule has 0 fully saturated rings. The lowest BCUT2D eigenvalue weighted by Crippen LogP contribution is -2.51. The van der Waals surface area contributed by atoms with Crippen LogP contribution in [-0.4, -0.2) is 200 Å². The molecule has 370 valence electrons. The number of benzene rings is 2. The zero-order chi connectivity index (χ0) is 50.5. The van der Waals surface area contributed by atoms with Gasteiger partial charge in [-0.3, -0.25) is 28.8 Å². The number of rotatable bonds is 24. The normalized spacial score (nSPS) is 14.5. The quantitative estimate of drug-likeness (QED) is 0.0471. The fourth-order valence-corrected chi connectivity index (χ4v) is 7.64. The molecule has 2 rings (SSSR count). The number of nitrogens with zero attached hydrogens (tertiary/aromatic N) is 2. The Morgan fingerprint density at radius 3 is 0.803 bits per heavy atom. The molecule has 0 aliphatic rings. The Kier molecular flexibility index (Phi) is 22.1. The van der Waals surface area contributed by atoms with Crippen LogP contribution in [0, 0.1) is 41.5 Å². The molecule has 0 heterocycles. The predicted molar refractivity (Wildman–Crippen MR) is 237 cm³/mol. The van der Waals surface area contributed by atoms with E-state index in [4.69, 9.17) is 0 Å². The van der Waals surface area contributed by atoms with Crippen LogP contribution in [0.3, 0.4) is 0 Å². The summed E-state index contributed by atoms with van der Waals surface area (Å²) in [6.07, 6.45) is -11.6. The molecule has 0 radical (unpaired) electrons. The molecule has 0 saturated heterocycles. The van der Waals surface area contributed by atoms with Gasteiger partial charge in [-0.1, -0.05) is 0 Å². The highest BCUT2D eigenvalue weighted by Gasteiger charge is 2.36. The number of amides is 6. The van der Waals surface area contributed by atoms with Crippen LogP contribution in [0.5, 0.6) is 0 Å². The summed E-state index contributed by atoms with van der Waals surface area (Å²) < 4.78 is 0. The molecule has 0 aromatic heterocycles. The van der Waals surface area contributed by atoms with E-state index in [1.54, 1.807) is 0 Å². The van der Waals surface area contributed by atoms with Crippen molar-refractivity contribution in [1.82, 2.24) is 21.3 Å². The van der Waals surface area contributed by atoms with Crippen LogP contribution in [0.25, 0.3) is 0 Å². The highest BCUT2D eigenvalue weighted by molar-refractivity contribution is 6.09. The van der Waals surface area contributed by atoms with E-state index >= 15 is 0 Å². The van der Waals surface area contributed by atoms with Crippen LogP contribution in [0.1, 0.15) is 88.7 Å². The van der Waals surface area contributed by atoms with Gasteiger partial charge < -0.3 is 87.2 Å². The molecule has 6 atom stereocenters. The highest BCUT2D eigenvalue weighted by atomic mass is 16.4. The fourth-order valence-electron chi connectivity index (χ4n) is 7.64. The maximum atomic E-state index is 13.6. The Bertz CT molecular complexity index is 1830. The maximum Gasteiger partial charge on any atom is 0.252 e. The smallest absolute Gasteiger partial charge is 0.252 e. The van der Waals surface area contributed by atoms with Gasteiger partial charge in [0, 0.05) is 62.3 Å². The Hall–Kier alpha value is -5.18. The minimum Gasteiger partial charge on any atom is -0.394 e. The highest BCUT2D eigenvalue weighted by Crippen LogP contribution is 2.37. The predicted octanol–water partition coefficient (Wildman–Crippen LogP) is -4.64. The summed E-state index contributed by atoms with van der Waals surface area (Å²) in [5.74, 6) is -4.89. The average Bonchev–Trinajstić information content (AvgIpc) is 3.26. The van der Waals surface area contributed by atoms with E-state index in [1.165, 1.54) is 41.5 Å². The Balaban J connectivity index is 2.74. The molecule has 0 bridgehead atoms. The van der Waals surface area contributed by atoms with Crippen molar-refractivity contribution in [2.75, 3.05) is 75.5 Å². The van der Waals surface area contributed by atoms with Crippen LogP contribution in [0.15, 0.2) is 0 Å². The minimum absolute atomic E-state index is 0.0829. The topological polar surface area (TPSA) is 380 Å². The molecule has 0 aliphatic heterocycles. The summed E-state index contributed by atoms with van der Waals surface area (Å²) >= 11 is 0. The van der Waals surface area contributed by atoms with E-state index < -0.39 is 144 Å². The van der Waals surface area contributed by atoms with Crippen molar-refractivity contribution in [2.24, 2.45) is 0 Å². The number of aliphatic hydroxyl groups is 11. The first kappa shape index (κ1) is 56.9. The van der Waals surface area contributed by atoms with Crippen LogP contribution >= 0.6 is 0 Å². The Morgan fingerprint density at radius 2 is 0.621 bits per heavy atom. The SMILES string of the molecule is CC(=O)N(CC(O)C(O)C(O)CN(C(C)=O)c1c(C)c(C(=O)NCC(O)CO)c(C)c(C(=O)NCC(O)CO)c1C)c1c(C)c(C(=O)NCC(O)CO)c(C)c(C(=O)NCC(O)CO)c1C. The van der Waals surface area contributed by atoms with E-state index in [0.717, 1.165) is 23.6 Å². The maximum absolute atomic E-state index is 13.6. The number of carbonyl (C=O) groups is 6. The molecule has 6 unspecified atom stereocenters. The van der Waals surface area contributed by atoms with Crippen molar-refractivity contribution in [3.05, 3.63) is 55.6 Å². The molecular formula is C43H66N6O17. The lowest BCUT2D eigenvalue weighted by atomic mass is 9.89. The molecule has 66 heavy (non-hydrogen) atoms. The number of hydrogen-bond acceptors (Lipinski definition) is 17. The molecule has 2 aromatic rings. The van der Waals surface area contributed by atoms with Crippen LogP contribution in [-0.2, 0) is 9.59 Å². The number of nitrogens with one attached hydrogen (secondary N) is 4. The molecule has 0 aliphatic carbocycles. The zero-order valence-corrected chi connectivity index (χ0v) is 38.4. The largest absolute Gasteiger partial charge is 0.394 e. The summed E-state index contributed by atoms with van der Waals surface area (Å²) in [6, 6.07) is 0. The average molecular weight is 939 g/mol. The van der Waals surface area contributed by atoms with Gasteiger partial charge in [0.15, 0.2) is 0 Å². The third kappa shape index (κ3) is 13.9. The molecule has 0 saturated carbocycles. The first-order valence-corrected chi connectivity index (χ1v) is 21.0. The molecule has 6 amide bonds. The number of aliphatic hydroxyl groups excluding tert-OH is 11. The summed E-state index contributed by atoms with van der Waals surface area (Å²) in [5.41, 5.74) is -0.194. The summed E-state index contributed by atoms with van der Waals surface area (Å²) in [7, 11) is 0. The second-order valence-electron chi connectivity index (χ2n) is 16.0. The Morgan fingerprint density at radius 1 is 0.409 bits per heavy atom. The van der Waals surface area contributed by atoms with Gasteiger partial charge in [-0.05, 0) is 74.9 Å². The van der Waals surface area contributed by atoms with E-state index in [-0.39, 0.29) is 67.0 Å². The number of hydrogen-bond donors (Lipinski definition) is 15. The lowest BCUT2D eigenvalue weighted by Gasteiger charge is -2.34. The first-order chi connectivity index (χ1) is 30.8. The Labute approximate surface area is 381 Å². The molecule has 2 aromatic carbocycles. The molecule has 23 nitrogen and oxygen atoms in total. The van der Waals surface area contributed by atoms with Crippen molar-refractivity contribution in [3.63, 3.8) is 0 Å². The second kappa shape index (κ2) is 25.7. The van der Waals surface area contributed by atoms with Crippen molar-refractivity contribution in [2.45, 2.75) is 98.1 Å². The number of carbonyl (C=O) groups excluding carboxylic acids is 6. The molecule has 0 spiro atoms. The van der Waals surface area contributed by atoms with Gasteiger partial charge in [0.05, 0.1) is 75.3 Å². The van der Waals surface area contributed by atoms with Gasteiger partial charge in [-0.25, -0.2) is 0 Å². The first-order valence-electron chi connectivity index (χ1n) is 21.0. The van der Waals surface area contributed by atoms with Gasteiger partial charge in [0.25, 0.3) is 23.6 Å². The van der Waals surface area contributed by atoms with Crippen molar-refractivity contribution in [1.29, 1.82) is 0 Å². The van der Waals surface area contributed by atoms with E-state index in [0.29, 0.717) is 0 Å². The number of anilines is 2. The van der Waals surface area contributed by atoms with Gasteiger partial charge in [0.2, 0.25) is 11.8 Å². The minimum atomic E-state index is -2.15. The van der Waals surface area contributed by atoms with Gasteiger partial charge in [-0.15, -0.1) is 0 Å². The summed E-state index contributed by atoms with van der Waals surface area (Å²) in [4.78, 5) is 83.3. The van der Waals surface area contributed by atoms with E-state index in [1.807, 2.05) is 0 Å². The van der Waals surface area contributed by atoms with E-state index in [2.05, 4.69) is 21.3 Å². The third-order valence-electron chi connectivity index (χ3n) is 11.0. The summed E-state index contributed by atoms with van der Waals surface area (Å²) in [5, 5.41) is 121. The van der Waals surface area contributed by atoms with E-state index in [9.17, 15) is 84.9 Å². The van der Waals surface area contributed by atoms with Crippen molar-refractivity contribution >= 4 is 46.8 Å². The second-order valence-corrected chi connectivity index (χ2v) is 16.0. The third-order valence-corrected chi connectivity index (χ3v) is 11.0. The van der Waals surface area contributed by atoms with Crippen LogP contribution in [0.2, 0.25) is 0 Å². The zero-order valence-electron chi connectivity index (χ0n) is 38.4. The van der Waals surface area contributed by atoms with Gasteiger partial charge >= 0.3 is 0 Å². The van der Waals surface area contributed by atoms with Crippen molar-refractivity contribution < 1.29 is 84.9 Å². The molecule has 23 heteroatoms. The van der Waals surface area contributed by atoms with Crippen molar-refractivity contribution in [3.8, 4) is 0 Å². The summed E-state index contributed by atoms with van der Waals surface area (Å²) in [6.45, 7) is 4.77. The monoisotopic (exact) mass is 938 g/mol. The van der Waals surface area contributed by atoms with Crippen LogP contribution < -0.4 is 31.1 Å². The molecular weight excluding hydrogens is 872 g/mol. The fraction of sp³-hybridized carbons (Fsp3) is 0.581.